The molecule has 1 aromatic heterocycles. The summed E-state index contributed by atoms with van der Waals surface area (Å²) in [4.78, 5) is 45.3. The van der Waals surface area contributed by atoms with Gasteiger partial charge in [0, 0.05) is 32.3 Å². The van der Waals surface area contributed by atoms with E-state index < -0.39 is 41.5 Å². The SMILES string of the molecule is CNC(=O)[C@@H]1[C@@H](Cc2ccnc(N)c2)C(=O)N1C(=O)N1CCCC(c2ccc(C(F)(F)F)cc2)C1. The molecule has 3 heterocycles. The Morgan fingerprint density at radius 1 is 1.20 bits per heavy atom. The molecule has 8 nitrogen and oxygen atoms in total. The van der Waals surface area contributed by atoms with E-state index in [-0.39, 0.29) is 18.9 Å². The Bertz CT molecular complexity index is 1120. The summed E-state index contributed by atoms with van der Waals surface area (Å²) in [6, 6.07) is 6.73. The van der Waals surface area contributed by atoms with Gasteiger partial charge in [0.1, 0.15) is 11.9 Å². The van der Waals surface area contributed by atoms with Crippen molar-refractivity contribution in [2.24, 2.45) is 5.92 Å². The lowest BCUT2D eigenvalue weighted by Gasteiger charge is -2.47. The molecule has 4 amide bonds. The Balaban J connectivity index is 1.48. The van der Waals surface area contributed by atoms with Crippen molar-refractivity contribution in [3.05, 3.63) is 59.3 Å². The number of benzene rings is 1. The van der Waals surface area contributed by atoms with Crippen LogP contribution in [0.3, 0.4) is 0 Å². The molecule has 0 saturated carbocycles. The number of nitrogens with one attached hydrogen (secondary N) is 1. The molecule has 3 atom stereocenters. The van der Waals surface area contributed by atoms with Crippen molar-refractivity contribution in [3.63, 3.8) is 0 Å². The molecule has 186 valence electrons. The van der Waals surface area contributed by atoms with Crippen molar-refractivity contribution < 1.29 is 27.6 Å². The third kappa shape index (κ3) is 4.94. The summed E-state index contributed by atoms with van der Waals surface area (Å²) < 4.78 is 38.7. The number of rotatable bonds is 4. The third-order valence-corrected chi connectivity index (χ3v) is 6.64. The summed E-state index contributed by atoms with van der Waals surface area (Å²) in [6.45, 7) is 0.645. The fraction of sp³-hybridized carbons (Fsp3) is 0.417. The minimum atomic E-state index is -4.42. The second kappa shape index (κ2) is 9.55. The van der Waals surface area contributed by atoms with E-state index in [2.05, 4.69) is 10.3 Å². The first kappa shape index (κ1) is 24.5. The number of alkyl halides is 3. The fourth-order valence-electron chi connectivity index (χ4n) is 4.80. The summed E-state index contributed by atoms with van der Waals surface area (Å²) >= 11 is 0. The van der Waals surface area contributed by atoms with E-state index in [4.69, 9.17) is 5.73 Å². The maximum Gasteiger partial charge on any atom is 0.416 e. The lowest BCUT2D eigenvalue weighted by Crippen LogP contribution is -2.70. The van der Waals surface area contributed by atoms with E-state index >= 15 is 0 Å². The molecule has 35 heavy (non-hydrogen) atoms. The highest BCUT2D eigenvalue weighted by Crippen LogP contribution is 2.35. The average Bonchev–Trinajstić information content (AvgIpc) is 2.84. The van der Waals surface area contributed by atoms with Gasteiger partial charge in [-0.05, 0) is 54.7 Å². The van der Waals surface area contributed by atoms with Gasteiger partial charge in [-0.1, -0.05) is 12.1 Å². The third-order valence-electron chi connectivity index (χ3n) is 6.64. The van der Waals surface area contributed by atoms with Crippen molar-refractivity contribution in [2.75, 3.05) is 25.9 Å². The molecule has 0 radical (unpaired) electrons. The molecule has 0 aliphatic carbocycles. The van der Waals surface area contributed by atoms with Crippen LogP contribution >= 0.6 is 0 Å². The van der Waals surface area contributed by atoms with Crippen LogP contribution in [0.25, 0.3) is 0 Å². The summed E-state index contributed by atoms with van der Waals surface area (Å²) in [5.74, 6) is -1.48. The number of piperidine rings is 1. The minimum Gasteiger partial charge on any atom is -0.384 e. The van der Waals surface area contributed by atoms with E-state index in [0.717, 1.165) is 22.6 Å². The Hall–Kier alpha value is -3.63. The zero-order chi connectivity index (χ0) is 25.3. The normalized spacial score (nSPS) is 22.5. The zero-order valence-electron chi connectivity index (χ0n) is 19.1. The largest absolute Gasteiger partial charge is 0.416 e. The van der Waals surface area contributed by atoms with Gasteiger partial charge in [-0.25, -0.2) is 9.78 Å². The number of likely N-dealkylation sites (tertiary alicyclic amines) is 2. The number of carbonyl (C=O) groups excluding carboxylic acids is 3. The first-order valence-electron chi connectivity index (χ1n) is 11.3. The van der Waals surface area contributed by atoms with Gasteiger partial charge < -0.3 is 16.0 Å². The molecule has 2 fully saturated rings. The van der Waals surface area contributed by atoms with Gasteiger partial charge in [-0.2, -0.15) is 13.2 Å². The molecular formula is C24H26F3N5O3. The Morgan fingerprint density at radius 2 is 1.91 bits per heavy atom. The smallest absolute Gasteiger partial charge is 0.384 e. The van der Waals surface area contributed by atoms with Gasteiger partial charge in [0.15, 0.2) is 0 Å². The number of hydrogen-bond acceptors (Lipinski definition) is 5. The zero-order valence-corrected chi connectivity index (χ0v) is 19.1. The predicted octanol–water partition coefficient (Wildman–Crippen LogP) is 2.80. The highest BCUT2D eigenvalue weighted by molar-refractivity contribution is 6.09. The van der Waals surface area contributed by atoms with Crippen LogP contribution in [0.1, 0.15) is 35.4 Å². The van der Waals surface area contributed by atoms with Gasteiger partial charge in [0.25, 0.3) is 0 Å². The van der Waals surface area contributed by atoms with E-state index in [0.29, 0.717) is 30.8 Å². The van der Waals surface area contributed by atoms with Crippen molar-refractivity contribution in [1.29, 1.82) is 0 Å². The second-order valence-corrected chi connectivity index (χ2v) is 8.85. The molecule has 3 N–H and O–H groups in total. The number of anilines is 1. The van der Waals surface area contributed by atoms with Crippen molar-refractivity contribution >= 4 is 23.7 Å². The van der Waals surface area contributed by atoms with Crippen LogP contribution in [-0.2, 0) is 22.2 Å². The number of hydrogen-bond donors (Lipinski definition) is 2. The number of halogens is 3. The molecule has 2 aromatic rings. The van der Waals surface area contributed by atoms with Crippen LogP contribution in [0.15, 0.2) is 42.6 Å². The number of urea groups is 1. The Labute approximate surface area is 200 Å². The van der Waals surface area contributed by atoms with Crippen LogP contribution in [-0.4, -0.2) is 58.8 Å². The van der Waals surface area contributed by atoms with Gasteiger partial charge in [0.2, 0.25) is 11.8 Å². The molecule has 2 aliphatic heterocycles. The number of amides is 4. The minimum absolute atomic E-state index is 0.166. The topological polar surface area (TPSA) is 109 Å². The fourth-order valence-corrected chi connectivity index (χ4v) is 4.80. The second-order valence-electron chi connectivity index (χ2n) is 8.85. The summed E-state index contributed by atoms with van der Waals surface area (Å²) in [7, 11) is 1.44. The highest BCUT2D eigenvalue weighted by atomic mass is 19.4. The first-order chi connectivity index (χ1) is 16.6. The van der Waals surface area contributed by atoms with E-state index in [1.54, 1.807) is 12.1 Å². The standard InChI is InChI=1S/C24H26F3N5O3/c1-29-21(33)20-18(11-14-8-9-30-19(28)12-14)22(34)32(20)23(35)31-10-2-3-16(13-31)15-4-6-17(7-5-15)24(25,26)27/h4-9,12,16,18,20H,2-3,10-11,13H2,1H3,(H2,28,30)(H,29,33)/t16?,18-,20+/m1/s1. The number of carbonyl (C=O) groups is 3. The maximum absolute atomic E-state index is 13.3. The summed E-state index contributed by atoms with van der Waals surface area (Å²) in [5, 5.41) is 2.52. The number of aromatic nitrogens is 1. The molecule has 1 aromatic carbocycles. The van der Waals surface area contributed by atoms with Crippen molar-refractivity contribution in [3.8, 4) is 0 Å². The summed E-state index contributed by atoms with van der Waals surface area (Å²) in [5.41, 5.74) is 6.41. The van der Waals surface area contributed by atoms with E-state index in [1.807, 2.05) is 0 Å². The number of imide groups is 1. The first-order valence-corrected chi connectivity index (χ1v) is 11.3. The quantitative estimate of drug-likeness (QED) is 0.642. The van der Waals surface area contributed by atoms with E-state index in [9.17, 15) is 27.6 Å². The van der Waals surface area contributed by atoms with Crippen LogP contribution in [0, 0.1) is 5.92 Å². The summed E-state index contributed by atoms with van der Waals surface area (Å²) in [6.07, 6.45) is -1.33. The molecule has 11 heteroatoms. The highest BCUT2D eigenvalue weighted by Gasteiger charge is 2.55. The van der Waals surface area contributed by atoms with Crippen LogP contribution in [0.4, 0.5) is 23.8 Å². The number of nitrogens with zero attached hydrogens (tertiary/aromatic N) is 3. The number of pyridine rings is 1. The molecule has 0 bridgehead atoms. The molecule has 1 unspecified atom stereocenters. The van der Waals surface area contributed by atoms with Gasteiger partial charge >= 0.3 is 12.2 Å². The monoisotopic (exact) mass is 489 g/mol. The predicted molar refractivity (Wildman–Crippen MR) is 121 cm³/mol. The van der Waals surface area contributed by atoms with Crippen LogP contribution < -0.4 is 11.1 Å². The van der Waals surface area contributed by atoms with Crippen molar-refractivity contribution in [2.45, 2.75) is 37.4 Å². The van der Waals surface area contributed by atoms with Crippen LogP contribution in [0.2, 0.25) is 0 Å². The Morgan fingerprint density at radius 3 is 2.54 bits per heavy atom. The molecule has 2 aliphatic rings. The van der Waals surface area contributed by atoms with Gasteiger partial charge in [0.05, 0.1) is 11.5 Å². The van der Waals surface area contributed by atoms with Crippen LogP contribution in [0.5, 0.6) is 0 Å². The number of β-lactam (4-membered cyclic amide) rings is 1. The molecule has 4 rings (SSSR count). The van der Waals surface area contributed by atoms with Gasteiger partial charge in [-0.15, -0.1) is 0 Å². The van der Waals surface area contributed by atoms with E-state index in [1.165, 1.54) is 30.3 Å². The number of nitrogen functional groups attached to an aromatic ring is 1. The molecule has 2 saturated heterocycles. The molecule has 0 spiro atoms. The average molecular weight is 489 g/mol. The lowest BCUT2D eigenvalue weighted by atomic mass is 9.82. The number of likely N-dealkylation sites (N-methyl/N-ethyl adjacent to an activating group) is 1. The lowest BCUT2D eigenvalue weighted by molar-refractivity contribution is -0.158. The Kier molecular flexibility index (Phi) is 6.68. The maximum atomic E-state index is 13.3. The van der Waals surface area contributed by atoms with Crippen molar-refractivity contribution in [1.82, 2.24) is 20.1 Å². The number of nitrogens with two attached hydrogens (primary N) is 1. The van der Waals surface area contributed by atoms with Gasteiger partial charge in [-0.3, -0.25) is 14.5 Å². The molecular weight excluding hydrogens is 463 g/mol.